The topological polar surface area (TPSA) is 47.0 Å². The van der Waals surface area contributed by atoms with E-state index in [-0.39, 0.29) is 0 Å². The summed E-state index contributed by atoms with van der Waals surface area (Å²) >= 11 is 0. The van der Waals surface area contributed by atoms with Crippen LogP contribution in [0.4, 0.5) is 5.95 Å². The average molecular weight is 251 g/mol. The van der Waals surface area contributed by atoms with Gasteiger partial charge in [-0.1, -0.05) is 39.0 Å². The van der Waals surface area contributed by atoms with Gasteiger partial charge < -0.3 is 10.1 Å². The highest BCUT2D eigenvalue weighted by Crippen LogP contribution is 2.10. The van der Waals surface area contributed by atoms with E-state index in [2.05, 4.69) is 22.2 Å². The Bertz CT molecular complexity index is 318. The van der Waals surface area contributed by atoms with Gasteiger partial charge in [0.05, 0.1) is 6.61 Å². The predicted octanol–water partition coefficient (Wildman–Crippen LogP) is 3.65. The zero-order valence-electron chi connectivity index (χ0n) is 11.6. The van der Waals surface area contributed by atoms with E-state index >= 15 is 0 Å². The summed E-state index contributed by atoms with van der Waals surface area (Å²) in [4.78, 5) is 8.37. The minimum atomic E-state index is 0.637. The fraction of sp³-hybridized carbons (Fsp3) is 0.714. The molecule has 0 radical (unpaired) electrons. The molecule has 1 aromatic rings. The number of hydrogen-bond acceptors (Lipinski definition) is 4. The van der Waals surface area contributed by atoms with Gasteiger partial charge >= 0.3 is 0 Å². The molecular formula is C14H25N3O. The van der Waals surface area contributed by atoms with Crippen molar-refractivity contribution in [1.29, 1.82) is 0 Å². The largest absolute Gasteiger partial charge is 0.478 e. The number of hydrogen-bond donors (Lipinski definition) is 1. The normalized spacial score (nSPS) is 10.3. The van der Waals surface area contributed by atoms with Crippen LogP contribution < -0.4 is 10.1 Å². The number of anilines is 1. The van der Waals surface area contributed by atoms with Gasteiger partial charge in [-0.3, -0.25) is 0 Å². The van der Waals surface area contributed by atoms with Gasteiger partial charge in [0.1, 0.15) is 0 Å². The Labute approximate surface area is 110 Å². The SMILES string of the molecule is CCCCCCCCOc1ccnc(NCC)n1. The van der Waals surface area contributed by atoms with E-state index in [4.69, 9.17) is 4.74 Å². The highest BCUT2D eigenvalue weighted by molar-refractivity contribution is 5.26. The molecule has 1 N–H and O–H groups in total. The molecule has 0 unspecified atom stereocenters. The van der Waals surface area contributed by atoms with Gasteiger partial charge in [-0.25, -0.2) is 4.98 Å². The standard InChI is InChI=1S/C14H25N3O/c1-3-5-6-7-8-9-12-18-13-10-11-16-14(17-13)15-4-2/h10-11H,3-9,12H2,1-2H3,(H,15,16,17). The molecular weight excluding hydrogens is 226 g/mol. The second kappa shape index (κ2) is 9.68. The summed E-state index contributed by atoms with van der Waals surface area (Å²) < 4.78 is 5.61. The van der Waals surface area contributed by atoms with Crippen LogP contribution in [0.3, 0.4) is 0 Å². The second-order valence-electron chi connectivity index (χ2n) is 4.37. The fourth-order valence-electron chi connectivity index (χ4n) is 1.72. The van der Waals surface area contributed by atoms with Crippen LogP contribution in [0.5, 0.6) is 5.88 Å². The smallest absolute Gasteiger partial charge is 0.225 e. The van der Waals surface area contributed by atoms with E-state index < -0.39 is 0 Å². The number of rotatable bonds is 10. The highest BCUT2D eigenvalue weighted by Gasteiger charge is 1.98. The van der Waals surface area contributed by atoms with Gasteiger partial charge in [-0.15, -0.1) is 0 Å². The van der Waals surface area contributed by atoms with Crippen LogP contribution in [0.15, 0.2) is 12.3 Å². The van der Waals surface area contributed by atoms with E-state index in [0.717, 1.165) is 19.6 Å². The Morgan fingerprint density at radius 1 is 1.11 bits per heavy atom. The minimum absolute atomic E-state index is 0.637. The summed E-state index contributed by atoms with van der Waals surface area (Å²) in [6.07, 6.45) is 9.36. The molecule has 0 saturated heterocycles. The number of nitrogens with zero attached hydrogens (tertiary/aromatic N) is 2. The van der Waals surface area contributed by atoms with Crippen LogP contribution in [0.2, 0.25) is 0 Å². The molecule has 0 amide bonds. The Kier molecular flexibility index (Phi) is 7.93. The zero-order chi connectivity index (χ0) is 13.1. The van der Waals surface area contributed by atoms with Crippen LogP contribution in [-0.4, -0.2) is 23.1 Å². The van der Waals surface area contributed by atoms with Gasteiger partial charge in [0.15, 0.2) is 0 Å². The summed E-state index contributed by atoms with van der Waals surface area (Å²) in [5, 5.41) is 3.07. The van der Waals surface area contributed by atoms with Crippen LogP contribution in [0.25, 0.3) is 0 Å². The maximum atomic E-state index is 5.61. The van der Waals surface area contributed by atoms with Crippen molar-refractivity contribution in [3.8, 4) is 5.88 Å². The Hall–Kier alpha value is -1.32. The highest BCUT2D eigenvalue weighted by atomic mass is 16.5. The average Bonchev–Trinajstić information content (AvgIpc) is 2.39. The summed E-state index contributed by atoms with van der Waals surface area (Å²) in [7, 11) is 0. The van der Waals surface area contributed by atoms with Crippen molar-refractivity contribution >= 4 is 5.95 Å². The van der Waals surface area contributed by atoms with Crippen molar-refractivity contribution in [2.45, 2.75) is 52.4 Å². The maximum absolute atomic E-state index is 5.61. The lowest BCUT2D eigenvalue weighted by Gasteiger charge is -2.06. The van der Waals surface area contributed by atoms with Crippen LogP contribution in [0.1, 0.15) is 52.4 Å². The first-order valence-electron chi connectivity index (χ1n) is 7.06. The summed E-state index contributed by atoms with van der Waals surface area (Å²) in [6.45, 7) is 5.82. The summed E-state index contributed by atoms with van der Waals surface area (Å²) in [6, 6.07) is 1.80. The Balaban J connectivity index is 2.13. The first kappa shape index (κ1) is 14.7. The van der Waals surface area contributed by atoms with E-state index in [1.54, 1.807) is 12.3 Å². The van der Waals surface area contributed by atoms with E-state index in [1.165, 1.54) is 32.1 Å². The summed E-state index contributed by atoms with van der Waals surface area (Å²) in [5.41, 5.74) is 0. The quantitative estimate of drug-likeness (QED) is 0.645. The van der Waals surface area contributed by atoms with Gasteiger partial charge in [0.2, 0.25) is 11.8 Å². The van der Waals surface area contributed by atoms with Gasteiger partial charge in [0.25, 0.3) is 0 Å². The zero-order valence-corrected chi connectivity index (χ0v) is 11.6. The molecule has 0 aromatic carbocycles. The molecule has 0 aliphatic carbocycles. The van der Waals surface area contributed by atoms with Crippen molar-refractivity contribution < 1.29 is 4.74 Å². The third-order valence-electron chi connectivity index (χ3n) is 2.71. The molecule has 1 aromatic heterocycles. The van der Waals surface area contributed by atoms with E-state index in [0.29, 0.717) is 11.8 Å². The molecule has 0 spiro atoms. The molecule has 0 fully saturated rings. The molecule has 4 heteroatoms. The molecule has 0 saturated carbocycles. The number of ether oxygens (including phenoxy) is 1. The van der Waals surface area contributed by atoms with Crippen molar-refractivity contribution in [2.75, 3.05) is 18.5 Å². The van der Waals surface area contributed by atoms with E-state index in [1.807, 2.05) is 6.92 Å². The number of unbranched alkanes of at least 4 members (excludes halogenated alkanes) is 5. The third kappa shape index (κ3) is 6.42. The fourth-order valence-corrected chi connectivity index (χ4v) is 1.72. The molecule has 0 bridgehead atoms. The monoisotopic (exact) mass is 251 g/mol. The summed E-state index contributed by atoms with van der Waals surface area (Å²) in [5.74, 6) is 1.30. The van der Waals surface area contributed by atoms with Crippen LogP contribution in [0, 0.1) is 0 Å². The van der Waals surface area contributed by atoms with Crippen molar-refractivity contribution in [2.24, 2.45) is 0 Å². The van der Waals surface area contributed by atoms with Gasteiger partial charge in [-0.05, 0) is 13.3 Å². The van der Waals surface area contributed by atoms with Crippen molar-refractivity contribution in [3.05, 3.63) is 12.3 Å². The van der Waals surface area contributed by atoms with Gasteiger partial charge in [0, 0.05) is 18.8 Å². The van der Waals surface area contributed by atoms with Gasteiger partial charge in [-0.2, -0.15) is 4.98 Å². The third-order valence-corrected chi connectivity index (χ3v) is 2.71. The molecule has 0 aliphatic heterocycles. The molecule has 0 atom stereocenters. The molecule has 18 heavy (non-hydrogen) atoms. The Morgan fingerprint density at radius 3 is 2.67 bits per heavy atom. The second-order valence-corrected chi connectivity index (χ2v) is 4.37. The molecule has 4 nitrogen and oxygen atoms in total. The number of aromatic nitrogens is 2. The molecule has 102 valence electrons. The van der Waals surface area contributed by atoms with Crippen LogP contribution in [-0.2, 0) is 0 Å². The lowest BCUT2D eigenvalue weighted by Crippen LogP contribution is -2.04. The lowest BCUT2D eigenvalue weighted by molar-refractivity contribution is 0.293. The molecule has 1 heterocycles. The first-order chi connectivity index (χ1) is 8.86. The van der Waals surface area contributed by atoms with E-state index in [9.17, 15) is 0 Å². The minimum Gasteiger partial charge on any atom is -0.478 e. The first-order valence-corrected chi connectivity index (χ1v) is 7.06. The molecule has 0 aliphatic rings. The maximum Gasteiger partial charge on any atom is 0.225 e. The van der Waals surface area contributed by atoms with Crippen molar-refractivity contribution in [3.63, 3.8) is 0 Å². The molecule has 1 rings (SSSR count). The van der Waals surface area contributed by atoms with Crippen molar-refractivity contribution in [1.82, 2.24) is 9.97 Å². The number of nitrogens with one attached hydrogen (secondary N) is 1. The predicted molar refractivity (Wildman–Crippen MR) is 75.1 cm³/mol. The van der Waals surface area contributed by atoms with Crippen LogP contribution >= 0.6 is 0 Å². The Morgan fingerprint density at radius 2 is 1.89 bits per heavy atom. The lowest BCUT2D eigenvalue weighted by atomic mass is 10.1.